The third kappa shape index (κ3) is 3.16. The number of benzene rings is 1. The fourth-order valence-corrected chi connectivity index (χ4v) is 2.94. The van der Waals surface area contributed by atoms with Gasteiger partial charge in [-0.25, -0.2) is 0 Å². The molecule has 1 atom stereocenters. The molecule has 1 aromatic carbocycles. The van der Waals surface area contributed by atoms with E-state index in [4.69, 9.17) is 0 Å². The molecule has 0 aliphatic carbocycles. The van der Waals surface area contributed by atoms with Crippen LogP contribution in [0.1, 0.15) is 41.0 Å². The Hall–Kier alpha value is -1.82. The molecular formula is C16H20N2O3S. The molecule has 6 heteroatoms. The number of hydrogen-bond acceptors (Lipinski definition) is 4. The van der Waals surface area contributed by atoms with Crippen LogP contribution in [0.25, 0.3) is 0 Å². The number of amides is 3. The normalized spacial score (nSPS) is 15.2. The lowest BCUT2D eigenvalue weighted by atomic mass is 10.1. The van der Waals surface area contributed by atoms with Crippen molar-refractivity contribution in [1.82, 2.24) is 10.2 Å². The summed E-state index contributed by atoms with van der Waals surface area (Å²) in [5.74, 6) is -0.349. The van der Waals surface area contributed by atoms with Gasteiger partial charge < -0.3 is 5.32 Å². The van der Waals surface area contributed by atoms with E-state index in [1.165, 1.54) is 0 Å². The molecule has 1 N–H and O–H groups in total. The number of nitrogens with one attached hydrogen (secondary N) is 1. The van der Waals surface area contributed by atoms with Gasteiger partial charge in [0.2, 0.25) is 5.91 Å². The largest absolute Gasteiger partial charge is 0.352 e. The molecule has 0 saturated heterocycles. The molecule has 1 aliphatic heterocycles. The van der Waals surface area contributed by atoms with Crippen molar-refractivity contribution in [3.63, 3.8) is 0 Å². The zero-order valence-electron chi connectivity index (χ0n) is 13.0. The van der Waals surface area contributed by atoms with E-state index in [0.717, 1.165) is 4.90 Å². The monoisotopic (exact) mass is 320 g/mol. The van der Waals surface area contributed by atoms with Gasteiger partial charge in [0.05, 0.1) is 11.1 Å². The van der Waals surface area contributed by atoms with Gasteiger partial charge in [-0.3, -0.25) is 19.3 Å². The van der Waals surface area contributed by atoms with E-state index in [1.807, 2.05) is 20.1 Å². The van der Waals surface area contributed by atoms with Crippen molar-refractivity contribution in [2.24, 2.45) is 0 Å². The van der Waals surface area contributed by atoms with Crippen molar-refractivity contribution in [2.75, 3.05) is 12.0 Å². The Labute approximate surface area is 134 Å². The van der Waals surface area contributed by atoms with Crippen molar-refractivity contribution >= 4 is 29.5 Å². The number of fused-ring (bicyclic) bond motifs is 1. The second-order valence-corrected chi connectivity index (χ2v) is 6.47. The molecule has 0 unspecified atom stereocenters. The molecule has 0 spiro atoms. The standard InChI is InChI=1S/C16H20N2O3S/c1-10(2)17-14(19)13(8-9-22-3)18-15(20)11-6-4-5-7-12(11)16(18)21/h4-7,10,13H,8-9H2,1-3H3,(H,17,19)/t13-/m0/s1. The Bertz CT molecular complexity index is 566. The lowest BCUT2D eigenvalue weighted by Crippen LogP contribution is -2.51. The first-order chi connectivity index (χ1) is 10.5. The maximum absolute atomic E-state index is 12.5. The topological polar surface area (TPSA) is 66.5 Å². The summed E-state index contributed by atoms with van der Waals surface area (Å²) < 4.78 is 0. The van der Waals surface area contributed by atoms with Crippen LogP contribution in [-0.2, 0) is 4.79 Å². The minimum atomic E-state index is -0.762. The second kappa shape index (κ2) is 6.96. The van der Waals surface area contributed by atoms with Crippen LogP contribution in [0.2, 0.25) is 0 Å². The summed E-state index contributed by atoms with van der Waals surface area (Å²) in [6, 6.07) is 5.89. The summed E-state index contributed by atoms with van der Waals surface area (Å²) in [6.45, 7) is 3.71. The second-order valence-electron chi connectivity index (χ2n) is 5.49. The van der Waals surface area contributed by atoms with Crippen LogP contribution in [0, 0.1) is 0 Å². The molecule has 0 fully saturated rings. The molecular weight excluding hydrogens is 300 g/mol. The molecule has 3 amide bonds. The maximum atomic E-state index is 12.5. The third-order valence-electron chi connectivity index (χ3n) is 3.47. The fourth-order valence-electron chi connectivity index (χ4n) is 2.48. The average molecular weight is 320 g/mol. The van der Waals surface area contributed by atoms with E-state index >= 15 is 0 Å². The zero-order chi connectivity index (χ0) is 16.3. The summed E-state index contributed by atoms with van der Waals surface area (Å²) >= 11 is 1.58. The average Bonchev–Trinajstić information content (AvgIpc) is 2.72. The molecule has 0 aromatic heterocycles. The van der Waals surface area contributed by atoms with Crippen LogP contribution in [0.5, 0.6) is 0 Å². The van der Waals surface area contributed by atoms with Crippen molar-refractivity contribution in [3.05, 3.63) is 35.4 Å². The number of carbonyl (C=O) groups excluding carboxylic acids is 3. The molecule has 1 heterocycles. The van der Waals surface area contributed by atoms with Gasteiger partial charge in [-0.1, -0.05) is 12.1 Å². The molecule has 1 aromatic rings. The minimum Gasteiger partial charge on any atom is -0.352 e. The smallest absolute Gasteiger partial charge is 0.262 e. The Balaban J connectivity index is 2.30. The van der Waals surface area contributed by atoms with Crippen molar-refractivity contribution in [2.45, 2.75) is 32.4 Å². The minimum absolute atomic E-state index is 0.0422. The zero-order valence-corrected chi connectivity index (χ0v) is 13.8. The van der Waals surface area contributed by atoms with Gasteiger partial charge in [-0.05, 0) is 44.4 Å². The third-order valence-corrected chi connectivity index (χ3v) is 4.11. The Kier molecular flexibility index (Phi) is 5.24. The number of carbonyl (C=O) groups is 3. The van der Waals surface area contributed by atoms with E-state index in [1.54, 1.807) is 36.0 Å². The van der Waals surface area contributed by atoms with Gasteiger partial charge >= 0.3 is 0 Å². The number of rotatable bonds is 6. The van der Waals surface area contributed by atoms with Crippen molar-refractivity contribution in [3.8, 4) is 0 Å². The first-order valence-corrected chi connectivity index (χ1v) is 8.63. The summed E-state index contributed by atoms with van der Waals surface area (Å²) in [7, 11) is 0. The van der Waals surface area contributed by atoms with E-state index in [-0.39, 0.29) is 23.8 Å². The van der Waals surface area contributed by atoms with Gasteiger partial charge in [-0.15, -0.1) is 0 Å². The SMILES string of the molecule is CSCC[C@@H](C(=O)NC(C)C)N1C(=O)c2ccccc2C1=O. The predicted octanol–water partition coefficient (Wildman–Crippen LogP) is 1.93. The maximum Gasteiger partial charge on any atom is 0.262 e. The Morgan fingerprint density at radius 2 is 1.73 bits per heavy atom. The molecule has 0 radical (unpaired) electrons. The number of nitrogens with zero attached hydrogens (tertiary/aromatic N) is 1. The van der Waals surface area contributed by atoms with Crippen LogP contribution >= 0.6 is 11.8 Å². The predicted molar refractivity (Wildman–Crippen MR) is 87.0 cm³/mol. The number of thioether (sulfide) groups is 1. The van der Waals surface area contributed by atoms with Crippen LogP contribution in [0.4, 0.5) is 0 Å². The highest BCUT2D eigenvalue weighted by atomic mass is 32.2. The lowest BCUT2D eigenvalue weighted by Gasteiger charge is -2.26. The number of imide groups is 1. The molecule has 2 rings (SSSR count). The molecule has 5 nitrogen and oxygen atoms in total. The van der Waals surface area contributed by atoms with Gasteiger partial charge in [0.15, 0.2) is 0 Å². The molecule has 1 aliphatic rings. The first kappa shape index (κ1) is 16.5. The highest BCUT2D eigenvalue weighted by molar-refractivity contribution is 7.98. The van der Waals surface area contributed by atoms with Gasteiger partial charge in [0, 0.05) is 6.04 Å². The van der Waals surface area contributed by atoms with Crippen molar-refractivity contribution in [1.29, 1.82) is 0 Å². The first-order valence-electron chi connectivity index (χ1n) is 7.23. The van der Waals surface area contributed by atoms with Crippen LogP contribution in [-0.4, -0.2) is 46.7 Å². The molecule has 0 saturated carbocycles. The molecule has 0 bridgehead atoms. The quantitative estimate of drug-likeness (QED) is 0.813. The van der Waals surface area contributed by atoms with E-state index < -0.39 is 6.04 Å². The fraction of sp³-hybridized carbons (Fsp3) is 0.438. The summed E-state index contributed by atoms with van der Waals surface area (Å²) in [5, 5.41) is 2.80. The van der Waals surface area contributed by atoms with Gasteiger partial charge in [0.1, 0.15) is 6.04 Å². The van der Waals surface area contributed by atoms with E-state index in [9.17, 15) is 14.4 Å². The summed E-state index contributed by atoms with van der Waals surface area (Å²) in [5.41, 5.74) is 0.748. The van der Waals surface area contributed by atoms with E-state index in [0.29, 0.717) is 23.3 Å². The van der Waals surface area contributed by atoms with Crippen molar-refractivity contribution < 1.29 is 14.4 Å². The van der Waals surface area contributed by atoms with Gasteiger partial charge in [-0.2, -0.15) is 11.8 Å². The van der Waals surface area contributed by atoms with Crippen LogP contribution < -0.4 is 5.32 Å². The highest BCUT2D eigenvalue weighted by Gasteiger charge is 2.42. The van der Waals surface area contributed by atoms with Crippen LogP contribution in [0.3, 0.4) is 0 Å². The number of hydrogen-bond donors (Lipinski definition) is 1. The summed E-state index contributed by atoms with van der Waals surface area (Å²) in [6.07, 6.45) is 2.38. The van der Waals surface area contributed by atoms with Crippen LogP contribution in [0.15, 0.2) is 24.3 Å². The van der Waals surface area contributed by atoms with E-state index in [2.05, 4.69) is 5.32 Å². The highest BCUT2D eigenvalue weighted by Crippen LogP contribution is 2.26. The molecule has 22 heavy (non-hydrogen) atoms. The molecule has 118 valence electrons. The summed E-state index contributed by atoms with van der Waals surface area (Å²) in [4.78, 5) is 38.6. The van der Waals surface area contributed by atoms with Gasteiger partial charge in [0.25, 0.3) is 11.8 Å². The Morgan fingerprint density at radius 3 is 2.18 bits per heavy atom. The lowest BCUT2D eigenvalue weighted by molar-refractivity contribution is -0.125. The Morgan fingerprint density at radius 1 is 1.18 bits per heavy atom.